The quantitative estimate of drug-likeness (QED) is 0.0875. The summed E-state index contributed by atoms with van der Waals surface area (Å²) < 4.78 is 5.74. The van der Waals surface area contributed by atoms with Gasteiger partial charge in [-0.15, -0.1) is 11.8 Å². The maximum absolute atomic E-state index is 13.1. The van der Waals surface area contributed by atoms with Gasteiger partial charge in [0.25, 0.3) is 11.8 Å². The third kappa shape index (κ3) is 5.81. The lowest BCUT2D eigenvalue weighted by molar-refractivity contribution is -0.688. The van der Waals surface area contributed by atoms with Crippen LogP contribution >= 0.6 is 23.3 Å². The Morgan fingerprint density at radius 3 is 2.73 bits per heavy atom. The summed E-state index contributed by atoms with van der Waals surface area (Å²) in [6.45, 7) is 5.80. The molecular formula is C22H27N10O6S2+. The van der Waals surface area contributed by atoms with Crippen LogP contribution in [0.4, 0.5) is 15.7 Å². The second-order valence-electron chi connectivity index (χ2n) is 8.40. The molecule has 2 aliphatic heterocycles. The third-order valence-electron chi connectivity index (χ3n) is 6.04. The molecule has 1 saturated heterocycles. The van der Waals surface area contributed by atoms with Gasteiger partial charge in [0.15, 0.2) is 23.7 Å². The molecule has 212 valence electrons. The van der Waals surface area contributed by atoms with E-state index in [1.54, 1.807) is 12.4 Å². The molecule has 2 aromatic heterocycles. The van der Waals surface area contributed by atoms with Crippen LogP contribution in [0, 0.1) is 0 Å². The highest BCUT2D eigenvalue weighted by Gasteiger charge is 2.55. The van der Waals surface area contributed by atoms with Crippen molar-refractivity contribution in [1.82, 2.24) is 29.9 Å². The zero-order valence-corrected chi connectivity index (χ0v) is 23.4. The van der Waals surface area contributed by atoms with Gasteiger partial charge in [0.1, 0.15) is 17.1 Å². The van der Waals surface area contributed by atoms with Crippen LogP contribution < -0.4 is 25.8 Å². The summed E-state index contributed by atoms with van der Waals surface area (Å²) in [4.78, 5) is 66.1. The molecule has 0 spiro atoms. The van der Waals surface area contributed by atoms with Gasteiger partial charge in [0.2, 0.25) is 17.7 Å². The molecule has 0 aromatic carbocycles. The Balaban J connectivity index is 1.54. The van der Waals surface area contributed by atoms with E-state index in [1.165, 1.54) is 23.7 Å². The van der Waals surface area contributed by atoms with Gasteiger partial charge in [0.05, 0.1) is 6.20 Å². The molecule has 4 rings (SSSR count). The van der Waals surface area contributed by atoms with Crippen LogP contribution in [0.2, 0.25) is 0 Å². The number of fused-ring (bicyclic) bond motifs is 1. The van der Waals surface area contributed by atoms with Crippen molar-refractivity contribution in [3.8, 4) is 0 Å². The van der Waals surface area contributed by atoms with E-state index < -0.39 is 41.0 Å². The molecule has 2 aromatic rings. The number of hydrogen-bond donors (Lipinski definition) is 4. The summed E-state index contributed by atoms with van der Waals surface area (Å²) >= 11 is 2.11. The predicted molar refractivity (Wildman–Crippen MR) is 144 cm³/mol. The van der Waals surface area contributed by atoms with Gasteiger partial charge in [0, 0.05) is 43.0 Å². The minimum absolute atomic E-state index is 0.0456. The van der Waals surface area contributed by atoms with E-state index >= 15 is 0 Å². The number of aromatic nitrogens is 4. The number of nitrogens with zero attached hydrogens (tertiary/aromatic N) is 7. The fourth-order valence-corrected chi connectivity index (χ4v) is 5.88. The van der Waals surface area contributed by atoms with Gasteiger partial charge in [-0.2, -0.15) is 13.9 Å². The fraction of sp³-hybridized carbons (Fsp3) is 0.409. The number of oxime groups is 1. The number of amides is 3. The number of carbonyl (C=O) groups excluding carboxylic acids is 3. The SMILES string of the molecule is CCN(CC)c1c[n+](CC2=C(C(=O)O)N3C(=O)C(NC(=O)C(=NOC(=O)NC)c4nsc(N)n4)[C@@H]3SC2)ccn1. The summed E-state index contributed by atoms with van der Waals surface area (Å²) in [5.41, 5.74) is 5.54. The first-order chi connectivity index (χ1) is 19.2. The largest absolute Gasteiger partial charge is 0.477 e. The van der Waals surface area contributed by atoms with Gasteiger partial charge in [-0.25, -0.2) is 14.6 Å². The molecule has 1 fully saturated rings. The van der Waals surface area contributed by atoms with Gasteiger partial charge < -0.3 is 26.4 Å². The van der Waals surface area contributed by atoms with Crippen LogP contribution in [0.1, 0.15) is 19.7 Å². The Kier molecular flexibility index (Phi) is 8.78. The third-order valence-corrected chi connectivity index (χ3v) is 7.92. The number of hydrogen-bond acceptors (Lipinski definition) is 13. The van der Waals surface area contributed by atoms with Crippen LogP contribution in [0.5, 0.6) is 0 Å². The Labute approximate surface area is 236 Å². The van der Waals surface area contributed by atoms with E-state index in [1.807, 2.05) is 24.6 Å². The second-order valence-corrected chi connectivity index (χ2v) is 10.3. The molecule has 4 heterocycles. The van der Waals surface area contributed by atoms with E-state index in [-0.39, 0.29) is 23.2 Å². The monoisotopic (exact) mass is 591 g/mol. The van der Waals surface area contributed by atoms with E-state index in [0.717, 1.165) is 30.4 Å². The molecule has 18 heteroatoms. The molecular weight excluding hydrogens is 564 g/mol. The zero-order valence-electron chi connectivity index (χ0n) is 21.7. The minimum Gasteiger partial charge on any atom is -0.477 e. The number of carboxylic acid groups (broad SMARTS) is 1. The Morgan fingerprint density at radius 2 is 2.10 bits per heavy atom. The number of aliphatic carboxylic acids is 1. The summed E-state index contributed by atoms with van der Waals surface area (Å²) in [6.07, 6.45) is 4.27. The number of β-lactam (4-membered cyclic amide) rings is 1. The number of nitrogen functional groups attached to an aromatic ring is 1. The Bertz CT molecular complexity index is 1390. The highest BCUT2D eigenvalue weighted by Crippen LogP contribution is 2.40. The molecule has 5 N–H and O–H groups in total. The maximum Gasteiger partial charge on any atom is 0.433 e. The van der Waals surface area contributed by atoms with E-state index in [4.69, 9.17) is 5.73 Å². The zero-order chi connectivity index (χ0) is 29.0. The molecule has 0 aliphatic carbocycles. The molecule has 40 heavy (non-hydrogen) atoms. The van der Waals surface area contributed by atoms with Crippen LogP contribution in [-0.4, -0.2) is 91.2 Å². The van der Waals surface area contributed by atoms with Crippen molar-refractivity contribution in [2.45, 2.75) is 31.8 Å². The summed E-state index contributed by atoms with van der Waals surface area (Å²) in [5, 5.41) is 17.6. The van der Waals surface area contributed by atoms with Crippen molar-refractivity contribution in [2.75, 3.05) is 36.5 Å². The summed E-state index contributed by atoms with van der Waals surface area (Å²) in [6, 6.07) is -1.06. The van der Waals surface area contributed by atoms with Crippen molar-refractivity contribution in [1.29, 1.82) is 0 Å². The fourth-order valence-electron chi connectivity index (χ4n) is 4.11. The Hall–Kier alpha value is -4.32. The lowest BCUT2D eigenvalue weighted by Crippen LogP contribution is -2.71. The second kappa shape index (κ2) is 12.2. The van der Waals surface area contributed by atoms with Gasteiger partial charge in [-0.05, 0) is 13.8 Å². The van der Waals surface area contributed by atoms with Crippen molar-refractivity contribution in [2.24, 2.45) is 5.16 Å². The van der Waals surface area contributed by atoms with Crippen LogP contribution in [0.15, 0.2) is 35.0 Å². The van der Waals surface area contributed by atoms with Crippen LogP contribution in [-0.2, 0) is 25.8 Å². The number of nitrogens with two attached hydrogens (primary N) is 1. The van der Waals surface area contributed by atoms with Gasteiger partial charge in [-0.1, -0.05) is 5.16 Å². The number of carbonyl (C=O) groups is 4. The van der Waals surface area contributed by atoms with E-state index in [2.05, 4.69) is 39.9 Å². The lowest BCUT2D eigenvalue weighted by atomic mass is 10.0. The topological polar surface area (TPSA) is 209 Å². The average Bonchev–Trinajstić information content (AvgIpc) is 3.37. The molecule has 2 atom stereocenters. The lowest BCUT2D eigenvalue weighted by Gasteiger charge is -2.49. The molecule has 0 bridgehead atoms. The normalized spacial score (nSPS) is 18.5. The van der Waals surface area contributed by atoms with Gasteiger partial charge in [-0.3, -0.25) is 19.3 Å². The predicted octanol–water partition coefficient (Wildman–Crippen LogP) is -0.852. The highest BCUT2D eigenvalue weighted by atomic mass is 32.2. The van der Waals surface area contributed by atoms with Crippen molar-refractivity contribution in [3.63, 3.8) is 0 Å². The van der Waals surface area contributed by atoms with Crippen molar-refractivity contribution >= 4 is 63.8 Å². The number of nitrogens with one attached hydrogen (secondary N) is 2. The molecule has 0 radical (unpaired) electrons. The summed E-state index contributed by atoms with van der Waals surface area (Å²) in [7, 11) is 1.30. The minimum atomic E-state index is -1.25. The molecule has 16 nitrogen and oxygen atoms in total. The van der Waals surface area contributed by atoms with E-state index in [9.17, 15) is 24.3 Å². The first kappa shape index (κ1) is 28.7. The highest BCUT2D eigenvalue weighted by molar-refractivity contribution is 8.00. The Morgan fingerprint density at radius 1 is 1.35 bits per heavy atom. The number of carboxylic acids is 1. The number of anilines is 2. The molecule has 0 saturated carbocycles. The maximum atomic E-state index is 13.1. The average molecular weight is 592 g/mol. The van der Waals surface area contributed by atoms with Crippen molar-refractivity contribution in [3.05, 3.63) is 35.7 Å². The first-order valence-corrected chi connectivity index (χ1v) is 13.9. The van der Waals surface area contributed by atoms with Crippen molar-refractivity contribution < 1.29 is 33.7 Å². The molecule has 3 amide bonds. The number of thioether (sulfide) groups is 1. The first-order valence-electron chi connectivity index (χ1n) is 12.1. The molecule has 1 unspecified atom stereocenters. The van der Waals surface area contributed by atoms with Crippen LogP contribution in [0.25, 0.3) is 0 Å². The standard InChI is InChI=1S/C22H26N10O6S2/c1-4-31(5-2)12-9-30(7-6-25-12)8-11-10-39-19-14(18(34)32(19)15(11)20(35)36)26-17(33)13(28-38-22(37)24-3)16-27-21(23)40-29-16/h6-7,9,14,19H,4-5,8,10H2,1-3H3,(H4-,23,24,26,27,29,33,35,36,37)/p+1/t14?,19-/m0/s1. The van der Waals surface area contributed by atoms with Crippen LogP contribution in [0.3, 0.4) is 0 Å². The molecule has 2 aliphatic rings. The summed E-state index contributed by atoms with van der Waals surface area (Å²) in [5.74, 6) is -1.90. The van der Waals surface area contributed by atoms with Gasteiger partial charge >= 0.3 is 12.1 Å². The number of rotatable bonds is 10. The smallest absolute Gasteiger partial charge is 0.433 e. The van der Waals surface area contributed by atoms with E-state index in [0.29, 0.717) is 11.3 Å².